The van der Waals surface area contributed by atoms with Crippen LogP contribution in [0.25, 0.3) is 28.3 Å². The van der Waals surface area contributed by atoms with E-state index in [1.165, 1.54) is 6.33 Å². The topological polar surface area (TPSA) is 102 Å². The number of hydrogen-bond donors (Lipinski definition) is 2. The van der Waals surface area contributed by atoms with E-state index in [1.54, 1.807) is 18.7 Å². The molecule has 0 aliphatic carbocycles. The lowest BCUT2D eigenvalue weighted by Gasteiger charge is -2.10. The van der Waals surface area contributed by atoms with Crippen molar-refractivity contribution in [1.29, 1.82) is 0 Å². The number of aryl methyl sites for hydroxylation is 1. The van der Waals surface area contributed by atoms with Gasteiger partial charge >= 0.3 is 0 Å². The van der Waals surface area contributed by atoms with Gasteiger partial charge in [0, 0.05) is 29.2 Å². The minimum atomic E-state index is 0.486. The van der Waals surface area contributed by atoms with Crippen molar-refractivity contribution in [2.24, 2.45) is 0 Å². The second kappa shape index (κ2) is 8.62. The summed E-state index contributed by atoms with van der Waals surface area (Å²) in [5.74, 6) is 2.12. The summed E-state index contributed by atoms with van der Waals surface area (Å²) in [5, 5.41) is 7.64. The first-order chi connectivity index (χ1) is 16.1. The van der Waals surface area contributed by atoms with E-state index in [-0.39, 0.29) is 0 Å². The van der Waals surface area contributed by atoms with Crippen molar-refractivity contribution >= 4 is 11.3 Å². The van der Waals surface area contributed by atoms with Crippen LogP contribution < -0.4 is 14.8 Å². The Morgan fingerprint density at radius 1 is 1.00 bits per heavy atom. The number of anilines is 1. The second-order valence-electron chi connectivity index (χ2n) is 7.48. The molecule has 0 amide bonds. The Bertz CT molecular complexity index is 1420. The molecule has 0 atom stereocenters. The molecule has 0 bridgehead atoms. The first-order valence-electron chi connectivity index (χ1n) is 10.4. The summed E-state index contributed by atoms with van der Waals surface area (Å²) in [6.07, 6.45) is 3.45. The van der Waals surface area contributed by atoms with Gasteiger partial charge in [-0.3, -0.25) is 4.98 Å². The lowest BCUT2D eigenvalue weighted by molar-refractivity contribution is 0.355. The van der Waals surface area contributed by atoms with Gasteiger partial charge in [0.15, 0.2) is 17.1 Å². The molecule has 0 spiro atoms. The molecule has 0 unspecified atom stereocenters. The zero-order valence-corrected chi connectivity index (χ0v) is 18.5. The number of rotatable bonds is 7. The predicted octanol–water partition coefficient (Wildman–Crippen LogP) is 4.12. The van der Waals surface area contributed by atoms with Gasteiger partial charge in [0.25, 0.3) is 0 Å². The van der Waals surface area contributed by atoms with Crippen LogP contribution in [0.1, 0.15) is 11.5 Å². The molecule has 0 fully saturated rings. The maximum Gasteiger partial charge on any atom is 0.162 e. The van der Waals surface area contributed by atoms with Crippen LogP contribution in [0.5, 0.6) is 11.5 Å². The van der Waals surface area contributed by atoms with Gasteiger partial charge in [0.1, 0.15) is 12.2 Å². The fourth-order valence-electron chi connectivity index (χ4n) is 3.67. The molecule has 33 heavy (non-hydrogen) atoms. The van der Waals surface area contributed by atoms with E-state index in [4.69, 9.17) is 19.4 Å². The van der Waals surface area contributed by atoms with Gasteiger partial charge in [0.2, 0.25) is 0 Å². The molecule has 5 rings (SSSR count). The average Bonchev–Trinajstić information content (AvgIpc) is 3.49. The van der Waals surface area contributed by atoms with E-state index in [1.807, 2.05) is 61.7 Å². The number of hydrogen-bond acceptors (Lipinski definition) is 7. The molecule has 1 aromatic carbocycles. The zero-order valence-electron chi connectivity index (χ0n) is 18.5. The van der Waals surface area contributed by atoms with Crippen LogP contribution in [0, 0.1) is 6.92 Å². The third kappa shape index (κ3) is 4.08. The van der Waals surface area contributed by atoms with Crippen molar-refractivity contribution in [3.05, 3.63) is 72.6 Å². The molecule has 4 aromatic heterocycles. The van der Waals surface area contributed by atoms with Gasteiger partial charge in [-0.1, -0.05) is 6.07 Å². The molecule has 166 valence electrons. The van der Waals surface area contributed by atoms with Gasteiger partial charge in [-0.2, -0.15) is 5.10 Å². The molecule has 0 aliphatic heterocycles. The van der Waals surface area contributed by atoms with E-state index >= 15 is 0 Å². The number of methoxy groups -OCH3 is 2. The average molecular weight is 441 g/mol. The Kier molecular flexibility index (Phi) is 5.35. The van der Waals surface area contributed by atoms with Crippen molar-refractivity contribution in [2.45, 2.75) is 13.5 Å². The second-order valence-corrected chi connectivity index (χ2v) is 7.48. The summed E-state index contributed by atoms with van der Waals surface area (Å²) in [6, 6.07) is 15.5. The summed E-state index contributed by atoms with van der Waals surface area (Å²) in [5.41, 5.74) is 6.00. The Hall–Kier alpha value is -4.40. The molecule has 0 aliphatic rings. The van der Waals surface area contributed by atoms with Crippen LogP contribution in [0.4, 0.5) is 5.69 Å². The fourth-order valence-corrected chi connectivity index (χ4v) is 3.67. The Balaban J connectivity index is 1.50. The largest absolute Gasteiger partial charge is 0.493 e. The smallest absolute Gasteiger partial charge is 0.162 e. The Morgan fingerprint density at radius 2 is 1.88 bits per heavy atom. The van der Waals surface area contributed by atoms with Crippen LogP contribution in [0.15, 0.2) is 61.1 Å². The van der Waals surface area contributed by atoms with Gasteiger partial charge in [-0.15, -0.1) is 0 Å². The highest BCUT2D eigenvalue weighted by Gasteiger charge is 2.16. The number of H-pyrrole nitrogens is 1. The van der Waals surface area contributed by atoms with Gasteiger partial charge in [-0.25, -0.2) is 14.5 Å². The van der Waals surface area contributed by atoms with Crippen LogP contribution in [0.2, 0.25) is 0 Å². The SMILES string of the molecule is COc1ccc(NCc2nc(-c3ccc4ncnn4c3)c(-c3cccc(C)n3)[nH]2)cc1OC. The van der Waals surface area contributed by atoms with E-state index in [2.05, 4.69) is 20.4 Å². The van der Waals surface area contributed by atoms with E-state index in [0.717, 1.165) is 45.5 Å². The van der Waals surface area contributed by atoms with Gasteiger partial charge in [-0.05, 0) is 43.3 Å². The summed E-state index contributed by atoms with van der Waals surface area (Å²) in [7, 11) is 3.24. The van der Waals surface area contributed by atoms with Crippen molar-refractivity contribution < 1.29 is 9.47 Å². The summed E-state index contributed by atoms with van der Waals surface area (Å²) in [6.45, 7) is 2.46. The minimum absolute atomic E-state index is 0.486. The van der Waals surface area contributed by atoms with E-state index in [9.17, 15) is 0 Å². The summed E-state index contributed by atoms with van der Waals surface area (Å²) in [4.78, 5) is 17.3. The first-order valence-corrected chi connectivity index (χ1v) is 10.4. The molecule has 5 aromatic rings. The standard InChI is InChI=1S/C24H23N7O2/c1-15-5-4-6-18(28-15)24-23(16-7-10-22-26-14-27-31(22)13-16)29-21(30-24)12-25-17-8-9-19(32-2)20(11-17)33-3/h4-11,13-14,25H,12H2,1-3H3,(H,29,30). The number of aromatic amines is 1. The third-order valence-electron chi connectivity index (χ3n) is 5.29. The first kappa shape index (κ1) is 20.5. The minimum Gasteiger partial charge on any atom is -0.493 e. The van der Waals surface area contributed by atoms with Crippen molar-refractivity contribution in [1.82, 2.24) is 29.5 Å². The number of aromatic nitrogens is 6. The summed E-state index contributed by atoms with van der Waals surface area (Å²) < 4.78 is 12.4. The molecule has 4 heterocycles. The highest BCUT2D eigenvalue weighted by atomic mass is 16.5. The van der Waals surface area contributed by atoms with Gasteiger partial charge in [0.05, 0.1) is 37.8 Å². The van der Waals surface area contributed by atoms with Crippen molar-refractivity contribution in [3.8, 4) is 34.1 Å². The molecule has 9 nitrogen and oxygen atoms in total. The summed E-state index contributed by atoms with van der Waals surface area (Å²) >= 11 is 0. The Labute approximate surface area is 190 Å². The number of fused-ring (bicyclic) bond motifs is 1. The monoisotopic (exact) mass is 441 g/mol. The number of benzene rings is 1. The maximum absolute atomic E-state index is 5.40. The third-order valence-corrected chi connectivity index (χ3v) is 5.29. The molecule has 0 saturated heterocycles. The molecule has 2 N–H and O–H groups in total. The zero-order chi connectivity index (χ0) is 22.8. The molecule has 0 radical (unpaired) electrons. The molecular formula is C24H23N7O2. The Morgan fingerprint density at radius 3 is 2.70 bits per heavy atom. The lowest BCUT2D eigenvalue weighted by atomic mass is 10.1. The van der Waals surface area contributed by atoms with E-state index < -0.39 is 0 Å². The quantitative estimate of drug-likeness (QED) is 0.392. The highest BCUT2D eigenvalue weighted by Crippen LogP contribution is 2.31. The molecule has 9 heteroatoms. The number of ether oxygens (including phenoxy) is 2. The van der Waals surface area contributed by atoms with Crippen LogP contribution in [0.3, 0.4) is 0 Å². The number of imidazole rings is 1. The number of pyridine rings is 2. The van der Waals surface area contributed by atoms with Crippen LogP contribution in [-0.2, 0) is 6.54 Å². The molecular weight excluding hydrogens is 418 g/mol. The molecule has 0 saturated carbocycles. The predicted molar refractivity (Wildman–Crippen MR) is 125 cm³/mol. The van der Waals surface area contributed by atoms with Crippen molar-refractivity contribution in [2.75, 3.05) is 19.5 Å². The van der Waals surface area contributed by atoms with Gasteiger partial charge < -0.3 is 19.8 Å². The normalized spacial score (nSPS) is 11.0. The van der Waals surface area contributed by atoms with Crippen molar-refractivity contribution in [3.63, 3.8) is 0 Å². The van der Waals surface area contributed by atoms with E-state index in [0.29, 0.717) is 18.0 Å². The van der Waals surface area contributed by atoms with Crippen LogP contribution in [-0.4, -0.2) is 43.8 Å². The number of nitrogens with one attached hydrogen (secondary N) is 2. The maximum atomic E-state index is 5.40. The van der Waals surface area contributed by atoms with Crippen LogP contribution >= 0.6 is 0 Å². The number of nitrogens with zero attached hydrogens (tertiary/aromatic N) is 5. The fraction of sp³-hybridized carbons (Fsp3) is 0.167. The highest BCUT2D eigenvalue weighted by molar-refractivity contribution is 5.77. The lowest BCUT2D eigenvalue weighted by Crippen LogP contribution is -2.02.